The third kappa shape index (κ3) is 3.67. The van der Waals surface area contributed by atoms with E-state index >= 15 is 0 Å². The van der Waals surface area contributed by atoms with Crippen molar-refractivity contribution >= 4 is 28.8 Å². The minimum Gasteiger partial charge on any atom is -0.388 e. The zero-order chi connectivity index (χ0) is 12.8. The van der Waals surface area contributed by atoms with Crippen molar-refractivity contribution in [3.05, 3.63) is 24.0 Å². The van der Waals surface area contributed by atoms with E-state index in [1.54, 1.807) is 19.3 Å². The number of thiocarbonyl (C=S) groups is 1. The molecule has 3 N–H and O–H groups in total. The standard InChI is InChI=1S/C11H16N4OS/c1-3-15(7-10(16)13-2)8-4-5-14-9(6-8)11(12)17/h4-6H,3,7H2,1-2H3,(H2,12,17)(H,13,16). The molecule has 17 heavy (non-hydrogen) atoms. The molecule has 0 radical (unpaired) electrons. The van der Waals surface area contributed by atoms with E-state index in [1.165, 1.54) is 0 Å². The third-order valence-electron chi connectivity index (χ3n) is 2.36. The van der Waals surface area contributed by atoms with Crippen LogP contribution in [0.15, 0.2) is 18.3 Å². The molecule has 92 valence electrons. The molecule has 0 aliphatic carbocycles. The number of aromatic nitrogens is 1. The number of pyridine rings is 1. The van der Waals surface area contributed by atoms with Crippen molar-refractivity contribution in [3.63, 3.8) is 0 Å². The van der Waals surface area contributed by atoms with Crippen LogP contribution in [0.1, 0.15) is 12.6 Å². The molecule has 0 aromatic carbocycles. The molecule has 1 rings (SSSR count). The van der Waals surface area contributed by atoms with Gasteiger partial charge >= 0.3 is 0 Å². The van der Waals surface area contributed by atoms with E-state index < -0.39 is 0 Å². The molecule has 0 unspecified atom stereocenters. The molecule has 1 heterocycles. The number of amides is 1. The molecule has 6 heteroatoms. The van der Waals surface area contributed by atoms with Gasteiger partial charge in [-0.1, -0.05) is 12.2 Å². The predicted octanol–water partition coefficient (Wildman–Crippen LogP) is 0.288. The first-order valence-corrected chi connectivity index (χ1v) is 5.70. The number of likely N-dealkylation sites (N-methyl/N-ethyl adjacent to an activating group) is 2. The minimum atomic E-state index is -0.0412. The van der Waals surface area contributed by atoms with Gasteiger partial charge in [0.15, 0.2) is 0 Å². The summed E-state index contributed by atoms with van der Waals surface area (Å²) in [5, 5.41) is 2.59. The summed E-state index contributed by atoms with van der Waals surface area (Å²) in [6.45, 7) is 2.99. The average Bonchev–Trinajstić information content (AvgIpc) is 2.35. The Morgan fingerprint density at radius 1 is 1.65 bits per heavy atom. The Bertz CT molecular complexity index is 422. The molecule has 0 fully saturated rings. The first-order valence-electron chi connectivity index (χ1n) is 5.29. The number of nitrogens with zero attached hydrogens (tertiary/aromatic N) is 2. The zero-order valence-corrected chi connectivity index (χ0v) is 10.8. The number of hydrogen-bond donors (Lipinski definition) is 2. The smallest absolute Gasteiger partial charge is 0.239 e. The summed E-state index contributed by atoms with van der Waals surface area (Å²) in [5.41, 5.74) is 6.97. The second kappa shape index (κ2) is 6.15. The van der Waals surface area contributed by atoms with Gasteiger partial charge in [0, 0.05) is 25.5 Å². The first kappa shape index (κ1) is 13.4. The second-order valence-corrected chi connectivity index (χ2v) is 3.89. The molecule has 0 bridgehead atoms. The van der Waals surface area contributed by atoms with Gasteiger partial charge in [0.25, 0.3) is 0 Å². The molecule has 5 nitrogen and oxygen atoms in total. The molecule has 0 aliphatic heterocycles. The van der Waals surface area contributed by atoms with Gasteiger partial charge < -0.3 is 16.0 Å². The highest BCUT2D eigenvalue weighted by atomic mass is 32.1. The Kier molecular flexibility index (Phi) is 4.84. The number of hydrogen-bond acceptors (Lipinski definition) is 4. The summed E-state index contributed by atoms with van der Waals surface area (Å²) in [6.07, 6.45) is 1.64. The lowest BCUT2D eigenvalue weighted by Gasteiger charge is -2.22. The van der Waals surface area contributed by atoms with Crippen molar-refractivity contribution in [2.75, 3.05) is 25.0 Å². The zero-order valence-electron chi connectivity index (χ0n) is 9.93. The van der Waals surface area contributed by atoms with Crippen LogP contribution >= 0.6 is 12.2 Å². The Morgan fingerprint density at radius 2 is 2.35 bits per heavy atom. The number of nitrogens with two attached hydrogens (primary N) is 1. The Hall–Kier alpha value is -1.69. The van der Waals surface area contributed by atoms with Crippen LogP contribution in [0, 0.1) is 0 Å². The largest absolute Gasteiger partial charge is 0.388 e. The van der Waals surface area contributed by atoms with E-state index in [9.17, 15) is 4.79 Å². The maximum Gasteiger partial charge on any atom is 0.239 e. The molecule has 0 atom stereocenters. The average molecular weight is 252 g/mol. The molecule has 0 aliphatic rings. The van der Waals surface area contributed by atoms with Crippen LogP contribution < -0.4 is 16.0 Å². The van der Waals surface area contributed by atoms with E-state index in [2.05, 4.69) is 10.3 Å². The highest BCUT2D eigenvalue weighted by Gasteiger charge is 2.10. The van der Waals surface area contributed by atoms with E-state index in [-0.39, 0.29) is 10.9 Å². The molecule has 0 saturated carbocycles. The lowest BCUT2D eigenvalue weighted by molar-refractivity contribution is -0.119. The highest BCUT2D eigenvalue weighted by molar-refractivity contribution is 7.80. The number of rotatable bonds is 5. The Balaban J connectivity index is 2.91. The second-order valence-electron chi connectivity index (χ2n) is 3.45. The van der Waals surface area contributed by atoms with Crippen molar-refractivity contribution in [1.29, 1.82) is 0 Å². The topological polar surface area (TPSA) is 71.2 Å². The number of anilines is 1. The number of carbonyl (C=O) groups excluding carboxylic acids is 1. The molecular formula is C11H16N4OS. The van der Waals surface area contributed by atoms with Crippen molar-refractivity contribution in [3.8, 4) is 0 Å². The van der Waals surface area contributed by atoms with E-state index in [1.807, 2.05) is 17.9 Å². The SMILES string of the molecule is CCN(CC(=O)NC)c1ccnc(C(N)=S)c1. The van der Waals surface area contributed by atoms with Crippen LogP contribution in [0.5, 0.6) is 0 Å². The fraction of sp³-hybridized carbons (Fsp3) is 0.364. The summed E-state index contributed by atoms with van der Waals surface area (Å²) in [5.74, 6) is -0.0412. The van der Waals surface area contributed by atoms with Crippen LogP contribution in [0.3, 0.4) is 0 Å². The summed E-state index contributed by atoms with van der Waals surface area (Å²) >= 11 is 4.87. The number of carbonyl (C=O) groups is 1. The molecule has 0 saturated heterocycles. The highest BCUT2D eigenvalue weighted by Crippen LogP contribution is 2.14. The molecule has 1 aromatic rings. The van der Waals surface area contributed by atoms with Crippen molar-refractivity contribution < 1.29 is 4.79 Å². The third-order valence-corrected chi connectivity index (χ3v) is 2.57. The van der Waals surface area contributed by atoms with Gasteiger partial charge in [0.1, 0.15) is 4.99 Å². The Labute approximate surface area is 106 Å². The van der Waals surface area contributed by atoms with E-state index in [0.29, 0.717) is 18.8 Å². The van der Waals surface area contributed by atoms with Gasteiger partial charge in [0.2, 0.25) is 5.91 Å². The Morgan fingerprint density at radius 3 is 2.88 bits per heavy atom. The maximum absolute atomic E-state index is 11.4. The van der Waals surface area contributed by atoms with E-state index in [0.717, 1.165) is 5.69 Å². The normalized spacial score (nSPS) is 9.76. The van der Waals surface area contributed by atoms with Gasteiger partial charge in [0.05, 0.1) is 12.2 Å². The van der Waals surface area contributed by atoms with Gasteiger partial charge in [-0.3, -0.25) is 9.78 Å². The fourth-order valence-electron chi connectivity index (χ4n) is 1.39. The molecule has 1 amide bonds. The van der Waals surface area contributed by atoms with Crippen LogP contribution in [-0.2, 0) is 4.79 Å². The monoisotopic (exact) mass is 252 g/mol. The lowest BCUT2D eigenvalue weighted by atomic mass is 10.2. The number of nitrogens with one attached hydrogen (secondary N) is 1. The van der Waals surface area contributed by atoms with Crippen LogP contribution in [0.25, 0.3) is 0 Å². The summed E-state index contributed by atoms with van der Waals surface area (Å²) in [4.78, 5) is 17.6. The fourth-order valence-corrected chi connectivity index (χ4v) is 1.50. The maximum atomic E-state index is 11.4. The lowest BCUT2D eigenvalue weighted by Crippen LogP contribution is -2.35. The van der Waals surface area contributed by atoms with Crippen LogP contribution in [0.2, 0.25) is 0 Å². The molecule has 1 aromatic heterocycles. The van der Waals surface area contributed by atoms with Crippen molar-refractivity contribution in [1.82, 2.24) is 10.3 Å². The van der Waals surface area contributed by atoms with Crippen molar-refractivity contribution in [2.45, 2.75) is 6.92 Å². The van der Waals surface area contributed by atoms with Gasteiger partial charge in [-0.2, -0.15) is 0 Å². The quantitative estimate of drug-likeness (QED) is 0.737. The van der Waals surface area contributed by atoms with Crippen LogP contribution in [-0.4, -0.2) is 36.0 Å². The predicted molar refractivity (Wildman–Crippen MR) is 72.1 cm³/mol. The van der Waals surface area contributed by atoms with Gasteiger partial charge in [-0.05, 0) is 19.1 Å². The van der Waals surface area contributed by atoms with E-state index in [4.69, 9.17) is 18.0 Å². The first-order chi connectivity index (χ1) is 8.08. The minimum absolute atomic E-state index is 0.0412. The van der Waals surface area contributed by atoms with Crippen LogP contribution in [0.4, 0.5) is 5.69 Å². The summed E-state index contributed by atoms with van der Waals surface area (Å²) < 4.78 is 0. The molecule has 0 spiro atoms. The van der Waals surface area contributed by atoms with Crippen molar-refractivity contribution in [2.24, 2.45) is 5.73 Å². The summed E-state index contributed by atoms with van der Waals surface area (Å²) in [7, 11) is 1.61. The molecular weight excluding hydrogens is 236 g/mol. The van der Waals surface area contributed by atoms with Gasteiger partial charge in [-0.25, -0.2) is 0 Å². The van der Waals surface area contributed by atoms with Gasteiger partial charge in [-0.15, -0.1) is 0 Å². The summed E-state index contributed by atoms with van der Waals surface area (Å²) in [6, 6.07) is 3.61.